The Labute approximate surface area is 38.5 Å². The van der Waals surface area contributed by atoms with E-state index < -0.39 is 0 Å². The van der Waals surface area contributed by atoms with Crippen molar-refractivity contribution in [2.45, 2.75) is 13.3 Å². The molecule has 0 N–H and O–H groups in total. The second-order valence-electron chi connectivity index (χ2n) is 0.826. The summed E-state index contributed by atoms with van der Waals surface area (Å²) < 4.78 is 10.8. The molecular weight excluding hydrogens is 80.0 g/mol. The first-order valence-electron chi connectivity index (χ1n) is 2.38. The third kappa shape index (κ3) is 1.76. The van der Waals surface area contributed by atoms with Gasteiger partial charge in [0.2, 0.25) is 0 Å². The molecule has 36 valence electrons. The summed E-state index contributed by atoms with van der Waals surface area (Å²) in [6.07, 6.45) is 0.205. The topological polar surface area (TPSA) is 26.3 Å². The molecule has 0 bridgehead atoms. The molecule has 0 heterocycles. The largest absolute Gasteiger partial charge is 0.469 e. The van der Waals surface area contributed by atoms with Crippen molar-refractivity contribution in [3.8, 4) is 0 Å². The van der Waals surface area contributed by atoms with E-state index in [9.17, 15) is 4.79 Å². The highest BCUT2D eigenvalue weighted by Crippen LogP contribution is 1.76. The minimum absolute atomic E-state index is 0.118. The number of esters is 1. The molecule has 0 aromatic heterocycles. The van der Waals surface area contributed by atoms with Crippen molar-refractivity contribution in [2.75, 3.05) is 7.11 Å². The van der Waals surface area contributed by atoms with Gasteiger partial charge in [-0.05, 0) is 0 Å². The van der Waals surface area contributed by atoms with Crippen molar-refractivity contribution in [2.24, 2.45) is 0 Å². The summed E-state index contributed by atoms with van der Waals surface area (Å²) in [7, 11) is 1.32. The zero-order chi connectivity index (χ0) is 5.70. The van der Waals surface area contributed by atoms with Crippen LogP contribution in [0.1, 0.15) is 14.7 Å². The van der Waals surface area contributed by atoms with Crippen molar-refractivity contribution >= 4 is 5.97 Å². The highest BCUT2D eigenvalue weighted by atomic mass is 16.5. The molecule has 2 heteroatoms. The first kappa shape index (κ1) is 3.65. The smallest absolute Gasteiger partial charge is 0.305 e. The van der Waals surface area contributed by atoms with Crippen molar-refractivity contribution in [1.82, 2.24) is 0 Å². The van der Waals surface area contributed by atoms with Gasteiger partial charge in [-0.25, -0.2) is 0 Å². The van der Waals surface area contributed by atoms with E-state index in [-0.39, 0.29) is 19.3 Å². The Kier molecular flexibility index (Phi) is 1.64. The van der Waals surface area contributed by atoms with Crippen molar-refractivity contribution in [3.63, 3.8) is 0 Å². The number of hydrogen-bond acceptors (Lipinski definition) is 2. The Balaban J connectivity index is 3.00. The number of rotatable bonds is 1. The zero-order valence-electron chi connectivity index (χ0n) is 4.73. The van der Waals surface area contributed by atoms with Gasteiger partial charge in [-0.2, -0.15) is 0 Å². The van der Waals surface area contributed by atoms with Crippen LogP contribution in [0, 0.1) is 0 Å². The molecule has 0 unspecified atom stereocenters. The zero-order valence-corrected chi connectivity index (χ0v) is 3.73. The third-order valence-corrected chi connectivity index (χ3v) is 0.432. The highest BCUT2D eigenvalue weighted by Gasteiger charge is 1.87. The Hall–Kier alpha value is -0.530. The quantitative estimate of drug-likeness (QED) is 0.439. The molecule has 0 fully saturated rings. The average molecular weight is 89.1 g/mol. The molecule has 0 aromatic carbocycles. The van der Waals surface area contributed by atoms with Crippen LogP contribution in [0.5, 0.6) is 0 Å². The van der Waals surface area contributed by atoms with Crippen LogP contribution in [0.25, 0.3) is 0 Å². The minimum Gasteiger partial charge on any atom is -0.469 e. The SMILES string of the molecule is [2H]CCC(=O)OC. The Morgan fingerprint density at radius 1 is 2.17 bits per heavy atom. The molecule has 0 saturated heterocycles. The lowest BCUT2D eigenvalue weighted by molar-refractivity contribution is -0.140. The molecule has 0 aliphatic heterocycles. The van der Waals surface area contributed by atoms with Gasteiger partial charge in [-0.15, -0.1) is 0 Å². The van der Waals surface area contributed by atoms with Crippen LogP contribution in [-0.2, 0) is 9.53 Å². The summed E-state index contributed by atoms with van der Waals surface area (Å²) in [5.41, 5.74) is 0. The van der Waals surface area contributed by atoms with E-state index in [1.165, 1.54) is 7.11 Å². The third-order valence-electron chi connectivity index (χ3n) is 0.432. The standard InChI is InChI=1S/C4H8O2/c1-3-4(5)6-2/h3H2,1-2H3/i1D. The van der Waals surface area contributed by atoms with E-state index in [1.807, 2.05) is 0 Å². The Morgan fingerprint density at radius 3 is 3.00 bits per heavy atom. The van der Waals surface area contributed by atoms with Gasteiger partial charge in [0.25, 0.3) is 0 Å². The molecule has 0 spiro atoms. The lowest BCUT2D eigenvalue weighted by atomic mass is 10.5. The van der Waals surface area contributed by atoms with Gasteiger partial charge < -0.3 is 4.74 Å². The average Bonchev–Trinajstić information content (AvgIpc) is 1.68. The first-order valence-corrected chi connectivity index (χ1v) is 1.67. The van der Waals surface area contributed by atoms with Gasteiger partial charge in [0.05, 0.1) is 7.11 Å². The van der Waals surface area contributed by atoms with Gasteiger partial charge in [0.15, 0.2) is 0 Å². The second kappa shape index (κ2) is 2.69. The number of ether oxygens (including phenoxy) is 1. The number of carbonyl (C=O) groups excluding carboxylic acids is 1. The van der Waals surface area contributed by atoms with E-state index in [0.29, 0.717) is 0 Å². The van der Waals surface area contributed by atoms with Crippen molar-refractivity contribution in [1.29, 1.82) is 0 Å². The molecule has 0 radical (unpaired) electrons. The molecule has 0 aliphatic carbocycles. The second-order valence-corrected chi connectivity index (χ2v) is 0.826. The number of methoxy groups -OCH3 is 1. The van der Waals surface area contributed by atoms with E-state index in [2.05, 4.69) is 4.74 Å². The predicted molar refractivity (Wildman–Crippen MR) is 22.3 cm³/mol. The number of carbonyl (C=O) groups is 1. The van der Waals surface area contributed by atoms with E-state index in [4.69, 9.17) is 1.37 Å². The molecule has 0 aromatic rings. The maximum atomic E-state index is 10.1. The lowest BCUT2D eigenvalue weighted by Crippen LogP contribution is -1.94. The molecule has 0 rings (SSSR count). The van der Waals surface area contributed by atoms with E-state index in [0.717, 1.165) is 0 Å². The van der Waals surface area contributed by atoms with Crippen LogP contribution in [0.2, 0.25) is 0 Å². The summed E-state index contributed by atoms with van der Waals surface area (Å²) in [6, 6.07) is 0. The summed E-state index contributed by atoms with van der Waals surface area (Å²) >= 11 is 0. The molecule has 0 amide bonds. The van der Waals surface area contributed by atoms with Crippen LogP contribution in [0.3, 0.4) is 0 Å². The number of hydrogen-bond donors (Lipinski definition) is 0. The fraction of sp³-hybridized carbons (Fsp3) is 0.750. The van der Waals surface area contributed by atoms with Gasteiger partial charge in [0.1, 0.15) is 0 Å². The molecule has 0 saturated carbocycles. The summed E-state index contributed by atoms with van der Waals surface area (Å²) in [5, 5.41) is 0. The van der Waals surface area contributed by atoms with E-state index >= 15 is 0 Å². The molecule has 6 heavy (non-hydrogen) atoms. The molecular formula is C4H8O2. The summed E-state index contributed by atoms with van der Waals surface area (Å²) in [6.45, 7) is 0.118. The fourth-order valence-electron chi connectivity index (χ4n) is 0.102. The Morgan fingerprint density at radius 2 is 2.83 bits per heavy atom. The van der Waals surface area contributed by atoms with Gasteiger partial charge in [-0.3, -0.25) is 4.79 Å². The first-order chi connectivity index (χ1) is 3.31. The fourth-order valence-corrected chi connectivity index (χ4v) is 0.102. The van der Waals surface area contributed by atoms with Crippen LogP contribution in [-0.4, -0.2) is 13.1 Å². The van der Waals surface area contributed by atoms with Crippen LogP contribution < -0.4 is 0 Å². The molecule has 0 atom stereocenters. The molecule has 2 nitrogen and oxygen atoms in total. The van der Waals surface area contributed by atoms with Gasteiger partial charge >= 0.3 is 5.97 Å². The minimum atomic E-state index is -0.310. The van der Waals surface area contributed by atoms with Gasteiger partial charge in [-0.1, -0.05) is 6.90 Å². The summed E-state index contributed by atoms with van der Waals surface area (Å²) in [4.78, 5) is 10.1. The normalized spacial score (nSPS) is 9.83. The van der Waals surface area contributed by atoms with Crippen LogP contribution in [0.15, 0.2) is 0 Å². The monoisotopic (exact) mass is 89.1 g/mol. The summed E-state index contributed by atoms with van der Waals surface area (Å²) in [5.74, 6) is -0.310. The molecule has 0 aliphatic rings. The van der Waals surface area contributed by atoms with Crippen LogP contribution in [0.4, 0.5) is 0 Å². The maximum absolute atomic E-state index is 10.1. The Bertz CT molecular complexity index is 62.7. The highest BCUT2D eigenvalue weighted by molar-refractivity contribution is 5.68. The van der Waals surface area contributed by atoms with Crippen molar-refractivity contribution in [3.05, 3.63) is 0 Å². The predicted octanol–water partition coefficient (Wildman–Crippen LogP) is 0.569. The lowest BCUT2D eigenvalue weighted by Gasteiger charge is -1.87. The van der Waals surface area contributed by atoms with Crippen molar-refractivity contribution < 1.29 is 10.9 Å². The van der Waals surface area contributed by atoms with E-state index in [1.54, 1.807) is 0 Å². The maximum Gasteiger partial charge on any atom is 0.305 e. The van der Waals surface area contributed by atoms with Gasteiger partial charge in [0, 0.05) is 7.79 Å². The van der Waals surface area contributed by atoms with Crippen LogP contribution >= 0.6 is 0 Å².